The zero-order valence-corrected chi connectivity index (χ0v) is 15.7. The molecular formula is C18H24N2O3Si. The number of ether oxygens (including phenoxy) is 2. The minimum absolute atomic E-state index is 0.0306. The molecule has 0 saturated heterocycles. The predicted octanol–water partition coefficient (Wildman–Crippen LogP) is 3.80. The first-order valence-corrected chi connectivity index (χ1v) is 11.9. The maximum atomic E-state index is 12.8. The molecule has 0 atom stereocenters. The Bertz CT molecular complexity index is 922. The highest BCUT2D eigenvalue weighted by Gasteiger charge is 2.14. The molecule has 24 heavy (non-hydrogen) atoms. The fourth-order valence-corrected chi connectivity index (χ4v) is 3.53. The van der Waals surface area contributed by atoms with Crippen LogP contribution in [0.5, 0.6) is 5.75 Å². The number of hydrogen-bond donors (Lipinski definition) is 1. The van der Waals surface area contributed by atoms with Gasteiger partial charge in [-0.25, -0.2) is 0 Å². The Kier molecular flexibility index (Phi) is 4.51. The minimum Gasteiger partial charge on any atom is -0.497 e. The number of nitrogens with zero attached hydrogens (tertiary/aromatic N) is 1. The maximum Gasteiger partial charge on any atom is 0.262 e. The van der Waals surface area contributed by atoms with Crippen LogP contribution in [0.15, 0.2) is 35.4 Å². The molecule has 1 aromatic carbocycles. The Labute approximate surface area is 142 Å². The Morgan fingerprint density at radius 3 is 2.58 bits per heavy atom. The van der Waals surface area contributed by atoms with Gasteiger partial charge in [-0.3, -0.25) is 9.36 Å². The first-order valence-electron chi connectivity index (χ1n) is 8.15. The van der Waals surface area contributed by atoms with Crippen LogP contribution in [0, 0.1) is 0 Å². The first kappa shape index (κ1) is 16.8. The van der Waals surface area contributed by atoms with Crippen LogP contribution in [0.2, 0.25) is 25.7 Å². The first-order chi connectivity index (χ1) is 11.4. The van der Waals surface area contributed by atoms with Crippen molar-refractivity contribution in [2.45, 2.75) is 32.4 Å². The Morgan fingerprint density at radius 2 is 1.88 bits per heavy atom. The van der Waals surface area contributed by atoms with E-state index in [4.69, 9.17) is 9.47 Å². The van der Waals surface area contributed by atoms with Gasteiger partial charge in [-0.1, -0.05) is 19.6 Å². The molecule has 128 valence electrons. The normalized spacial score (nSPS) is 12.2. The maximum absolute atomic E-state index is 12.8. The van der Waals surface area contributed by atoms with Crippen molar-refractivity contribution in [3.8, 4) is 5.75 Å². The van der Waals surface area contributed by atoms with Gasteiger partial charge in [0.25, 0.3) is 5.56 Å². The average molecular weight is 344 g/mol. The van der Waals surface area contributed by atoms with Crippen molar-refractivity contribution >= 4 is 29.7 Å². The second-order valence-electron chi connectivity index (χ2n) is 7.25. The molecule has 1 N–H and O–H groups in total. The van der Waals surface area contributed by atoms with E-state index in [2.05, 4.69) is 24.6 Å². The molecule has 0 aliphatic rings. The summed E-state index contributed by atoms with van der Waals surface area (Å²) in [5.74, 6) is 0.773. The van der Waals surface area contributed by atoms with Gasteiger partial charge in [-0.15, -0.1) is 0 Å². The highest BCUT2D eigenvalue weighted by atomic mass is 28.3. The van der Waals surface area contributed by atoms with Crippen molar-refractivity contribution < 1.29 is 9.47 Å². The van der Waals surface area contributed by atoms with Crippen LogP contribution in [0.1, 0.15) is 0 Å². The zero-order chi connectivity index (χ0) is 17.3. The van der Waals surface area contributed by atoms with Crippen molar-refractivity contribution in [3.05, 3.63) is 40.9 Å². The lowest BCUT2D eigenvalue weighted by Crippen LogP contribution is -2.25. The molecule has 0 amide bonds. The van der Waals surface area contributed by atoms with Gasteiger partial charge in [0.15, 0.2) is 0 Å². The second kappa shape index (κ2) is 6.45. The smallest absolute Gasteiger partial charge is 0.262 e. The molecule has 0 aliphatic carbocycles. The molecule has 5 nitrogen and oxygen atoms in total. The SMILES string of the molecule is COc1ccc2c(c1)c1c[nH]cc1c(=O)n2COCC[Si](C)(C)C. The van der Waals surface area contributed by atoms with Gasteiger partial charge in [0, 0.05) is 37.8 Å². The fraction of sp³-hybridized carbons (Fsp3) is 0.389. The van der Waals surface area contributed by atoms with Gasteiger partial charge in [0.2, 0.25) is 0 Å². The summed E-state index contributed by atoms with van der Waals surface area (Å²) >= 11 is 0. The average Bonchev–Trinajstić information content (AvgIpc) is 3.02. The van der Waals surface area contributed by atoms with E-state index >= 15 is 0 Å². The molecule has 0 bridgehead atoms. The van der Waals surface area contributed by atoms with E-state index in [1.54, 1.807) is 17.9 Å². The van der Waals surface area contributed by atoms with Crippen LogP contribution < -0.4 is 10.3 Å². The summed E-state index contributed by atoms with van der Waals surface area (Å²) < 4.78 is 12.9. The molecule has 0 unspecified atom stereocenters. The molecular weight excluding hydrogens is 320 g/mol. The van der Waals surface area contributed by atoms with Gasteiger partial charge < -0.3 is 14.5 Å². The standard InChI is InChI=1S/C18H24N2O3Si/c1-22-13-5-6-17-14(9-13)15-10-19-11-16(15)18(21)20(17)12-23-7-8-24(2,3)4/h5-6,9-11,19H,7-8,12H2,1-4H3. The van der Waals surface area contributed by atoms with Gasteiger partial charge >= 0.3 is 0 Å². The molecule has 3 rings (SSSR count). The number of fused-ring (bicyclic) bond motifs is 3. The van der Waals surface area contributed by atoms with Crippen LogP contribution in [-0.4, -0.2) is 31.3 Å². The van der Waals surface area contributed by atoms with Gasteiger partial charge in [0.05, 0.1) is 18.0 Å². The number of aromatic amines is 1. The number of hydrogen-bond acceptors (Lipinski definition) is 3. The van der Waals surface area contributed by atoms with Crippen LogP contribution in [-0.2, 0) is 11.5 Å². The molecule has 0 saturated carbocycles. The molecule has 0 spiro atoms. The topological polar surface area (TPSA) is 56.2 Å². The highest BCUT2D eigenvalue weighted by Crippen LogP contribution is 2.26. The summed E-state index contributed by atoms with van der Waals surface area (Å²) in [6, 6.07) is 6.84. The van der Waals surface area contributed by atoms with E-state index < -0.39 is 8.07 Å². The van der Waals surface area contributed by atoms with E-state index in [0.29, 0.717) is 12.0 Å². The third-order valence-electron chi connectivity index (χ3n) is 4.22. The summed E-state index contributed by atoms with van der Waals surface area (Å²) in [4.78, 5) is 15.8. The van der Waals surface area contributed by atoms with Crippen molar-refractivity contribution in [2.24, 2.45) is 0 Å². The summed E-state index contributed by atoms with van der Waals surface area (Å²) in [5.41, 5.74) is 0.831. The molecule has 0 radical (unpaired) electrons. The van der Waals surface area contributed by atoms with Gasteiger partial charge in [-0.2, -0.15) is 0 Å². The summed E-state index contributed by atoms with van der Waals surface area (Å²) in [6.45, 7) is 7.90. The van der Waals surface area contributed by atoms with E-state index in [9.17, 15) is 4.79 Å². The third-order valence-corrected chi connectivity index (χ3v) is 5.93. The van der Waals surface area contributed by atoms with Crippen LogP contribution in [0.25, 0.3) is 21.7 Å². The molecule has 0 aliphatic heterocycles. The third kappa shape index (κ3) is 3.25. The number of aromatic nitrogens is 2. The number of rotatable bonds is 6. The van der Waals surface area contributed by atoms with Crippen molar-refractivity contribution in [3.63, 3.8) is 0 Å². The highest BCUT2D eigenvalue weighted by molar-refractivity contribution is 6.76. The van der Waals surface area contributed by atoms with E-state index in [-0.39, 0.29) is 12.3 Å². The number of pyridine rings is 1. The van der Waals surface area contributed by atoms with E-state index in [1.165, 1.54) is 0 Å². The van der Waals surface area contributed by atoms with E-state index in [1.807, 2.05) is 24.4 Å². The lowest BCUT2D eigenvalue weighted by atomic mass is 10.1. The van der Waals surface area contributed by atoms with Crippen molar-refractivity contribution in [2.75, 3.05) is 13.7 Å². The van der Waals surface area contributed by atoms with E-state index in [0.717, 1.165) is 28.1 Å². The predicted molar refractivity (Wildman–Crippen MR) is 101 cm³/mol. The summed E-state index contributed by atoms with van der Waals surface area (Å²) in [5, 5.41) is 2.57. The fourth-order valence-electron chi connectivity index (χ4n) is 2.77. The van der Waals surface area contributed by atoms with Gasteiger partial charge in [0.1, 0.15) is 12.5 Å². The quantitative estimate of drug-likeness (QED) is 0.546. The van der Waals surface area contributed by atoms with Crippen LogP contribution >= 0.6 is 0 Å². The number of H-pyrrole nitrogens is 1. The number of nitrogens with one attached hydrogen (secondary N) is 1. The van der Waals surface area contributed by atoms with Gasteiger partial charge in [-0.05, 0) is 24.2 Å². The number of methoxy groups -OCH3 is 1. The lowest BCUT2D eigenvalue weighted by Gasteiger charge is -2.17. The molecule has 3 aromatic rings. The second-order valence-corrected chi connectivity index (χ2v) is 12.9. The molecule has 2 heterocycles. The Hall–Kier alpha value is -2.05. The summed E-state index contributed by atoms with van der Waals surface area (Å²) in [7, 11) is 0.502. The molecule has 2 aromatic heterocycles. The minimum atomic E-state index is -1.14. The lowest BCUT2D eigenvalue weighted by molar-refractivity contribution is 0.0882. The zero-order valence-electron chi connectivity index (χ0n) is 14.7. The number of benzene rings is 1. The molecule has 6 heteroatoms. The summed E-state index contributed by atoms with van der Waals surface area (Å²) in [6.07, 6.45) is 3.60. The van der Waals surface area contributed by atoms with Crippen LogP contribution in [0.4, 0.5) is 0 Å². The van der Waals surface area contributed by atoms with Crippen molar-refractivity contribution in [1.82, 2.24) is 9.55 Å². The Balaban J connectivity index is 2.02. The molecule has 0 fully saturated rings. The monoisotopic (exact) mass is 344 g/mol. The Morgan fingerprint density at radius 1 is 1.12 bits per heavy atom. The van der Waals surface area contributed by atoms with Crippen LogP contribution in [0.3, 0.4) is 0 Å². The largest absolute Gasteiger partial charge is 0.497 e. The van der Waals surface area contributed by atoms with Crippen molar-refractivity contribution in [1.29, 1.82) is 0 Å².